The highest BCUT2D eigenvalue weighted by atomic mass is 14.9. The predicted molar refractivity (Wildman–Crippen MR) is 135 cm³/mol. The van der Waals surface area contributed by atoms with Gasteiger partial charge in [0.25, 0.3) is 0 Å². The van der Waals surface area contributed by atoms with Gasteiger partial charge in [0.1, 0.15) is 0 Å². The Morgan fingerprint density at radius 3 is 2.55 bits per heavy atom. The number of nitrogens with one attached hydrogen (secondary N) is 1. The molecule has 0 heterocycles. The van der Waals surface area contributed by atoms with Gasteiger partial charge in [-0.15, -0.1) is 0 Å². The Morgan fingerprint density at radius 2 is 1.87 bits per heavy atom. The number of fused-ring (bicyclic) bond motifs is 4. The Labute approximate surface area is 189 Å². The zero-order valence-electron chi connectivity index (χ0n) is 20.3. The summed E-state index contributed by atoms with van der Waals surface area (Å²) in [5, 5.41) is 3.57. The molecule has 3 aliphatic rings. The Morgan fingerprint density at radius 1 is 1.13 bits per heavy atom. The molecule has 0 saturated heterocycles. The van der Waals surface area contributed by atoms with Gasteiger partial charge in [-0.25, -0.2) is 0 Å². The van der Waals surface area contributed by atoms with E-state index in [4.69, 9.17) is 0 Å². The molecule has 1 N–H and O–H groups in total. The van der Waals surface area contributed by atoms with Crippen LogP contribution in [-0.4, -0.2) is 13.1 Å². The molecule has 0 aliphatic heterocycles. The number of allylic oxidation sites excluding steroid dienone is 8. The number of hydrogen-bond donors (Lipinski definition) is 1. The topological polar surface area (TPSA) is 12.0 Å². The first kappa shape index (κ1) is 22.1. The van der Waals surface area contributed by atoms with Crippen LogP contribution in [0.1, 0.15) is 56.7 Å². The van der Waals surface area contributed by atoms with E-state index in [1.165, 1.54) is 40.7 Å². The molecule has 164 valence electrons. The maximum Gasteiger partial charge on any atom is 0.0265 e. The van der Waals surface area contributed by atoms with Crippen molar-refractivity contribution in [3.05, 3.63) is 88.6 Å². The van der Waals surface area contributed by atoms with Crippen molar-refractivity contribution >= 4 is 5.57 Å². The van der Waals surface area contributed by atoms with Crippen LogP contribution in [0.3, 0.4) is 0 Å². The molecule has 0 spiro atoms. The lowest BCUT2D eigenvalue weighted by Gasteiger charge is -2.62. The van der Waals surface area contributed by atoms with E-state index < -0.39 is 0 Å². The van der Waals surface area contributed by atoms with E-state index in [1.807, 2.05) is 0 Å². The van der Waals surface area contributed by atoms with Gasteiger partial charge in [0.05, 0.1) is 0 Å². The van der Waals surface area contributed by atoms with Crippen LogP contribution in [0.4, 0.5) is 0 Å². The van der Waals surface area contributed by atoms with Crippen molar-refractivity contribution in [3.63, 3.8) is 0 Å². The first-order valence-electron chi connectivity index (χ1n) is 12.0. The summed E-state index contributed by atoms with van der Waals surface area (Å²) in [5.74, 6) is 1.79. The normalized spacial score (nSPS) is 26.2. The highest BCUT2D eigenvalue weighted by Gasteiger charge is 2.61. The van der Waals surface area contributed by atoms with E-state index in [0.29, 0.717) is 23.8 Å². The van der Waals surface area contributed by atoms with Crippen LogP contribution in [0.15, 0.2) is 71.9 Å². The molecule has 0 bridgehead atoms. The molecule has 0 amide bonds. The van der Waals surface area contributed by atoms with Gasteiger partial charge in [0.15, 0.2) is 0 Å². The van der Waals surface area contributed by atoms with E-state index in [-0.39, 0.29) is 5.41 Å². The molecule has 4 atom stereocenters. The lowest BCUT2D eigenvalue weighted by Crippen LogP contribution is -2.54. The van der Waals surface area contributed by atoms with Crippen LogP contribution in [0.25, 0.3) is 5.57 Å². The fourth-order valence-corrected chi connectivity index (χ4v) is 5.46. The van der Waals surface area contributed by atoms with Gasteiger partial charge in [-0.3, -0.25) is 0 Å². The van der Waals surface area contributed by atoms with Crippen LogP contribution in [0, 0.1) is 37.0 Å². The molecule has 0 aromatic heterocycles. The zero-order valence-corrected chi connectivity index (χ0v) is 20.3. The Kier molecular flexibility index (Phi) is 6.01. The van der Waals surface area contributed by atoms with Gasteiger partial charge >= 0.3 is 0 Å². The summed E-state index contributed by atoms with van der Waals surface area (Å²) in [6, 6.07) is 7.16. The SMILES string of the molecule is C=C(C1=CC2(CC(/C=C\C(C)C(C)C)NC)C3=CCCC=C3C12)c1ccc(C)c(C)c1. The van der Waals surface area contributed by atoms with Crippen molar-refractivity contribution < 1.29 is 0 Å². The Hall–Kier alpha value is -2.12. The molecule has 1 saturated carbocycles. The van der Waals surface area contributed by atoms with Gasteiger partial charge in [-0.1, -0.05) is 75.9 Å². The molecule has 4 rings (SSSR count). The fraction of sp³-hybridized carbons (Fsp3) is 0.467. The average Bonchev–Trinajstić information content (AvgIpc) is 2.74. The van der Waals surface area contributed by atoms with Crippen molar-refractivity contribution in [1.82, 2.24) is 5.32 Å². The Balaban J connectivity index is 1.62. The molecule has 1 nitrogen and oxygen atoms in total. The van der Waals surface area contributed by atoms with Crippen LogP contribution in [-0.2, 0) is 0 Å². The lowest BCUT2D eigenvalue weighted by molar-refractivity contribution is 0.213. The largest absolute Gasteiger partial charge is 0.313 e. The van der Waals surface area contributed by atoms with Crippen molar-refractivity contribution in [1.29, 1.82) is 0 Å². The minimum Gasteiger partial charge on any atom is -0.313 e. The predicted octanol–water partition coefficient (Wildman–Crippen LogP) is 7.35. The summed E-state index contributed by atoms with van der Waals surface area (Å²) >= 11 is 0. The average molecular weight is 414 g/mol. The molecule has 4 unspecified atom stereocenters. The molecule has 1 aromatic rings. The second-order valence-corrected chi connectivity index (χ2v) is 10.3. The van der Waals surface area contributed by atoms with Crippen molar-refractivity contribution in [2.75, 3.05) is 7.05 Å². The molecule has 3 aliphatic carbocycles. The number of likely N-dealkylation sites (N-methyl/N-ethyl adjacent to an activating group) is 1. The minimum atomic E-state index is 0.184. The maximum absolute atomic E-state index is 4.54. The lowest BCUT2D eigenvalue weighted by atomic mass is 9.41. The number of aryl methyl sites for hydroxylation is 2. The minimum absolute atomic E-state index is 0.184. The summed E-state index contributed by atoms with van der Waals surface area (Å²) in [4.78, 5) is 0. The van der Waals surface area contributed by atoms with Gasteiger partial charge in [-0.05, 0) is 91.0 Å². The highest BCUT2D eigenvalue weighted by Crippen LogP contribution is 2.70. The summed E-state index contributed by atoms with van der Waals surface area (Å²) in [6.07, 6.45) is 15.8. The maximum atomic E-state index is 4.54. The Bertz CT molecular complexity index is 999. The zero-order chi connectivity index (χ0) is 22.3. The van der Waals surface area contributed by atoms with E-state index in [9.17, 15) is 0 Å². The number of hydrogen-bond acceptors (Lipinski definition) is 1. The van der Waals surface area contributed by atoms with Crippen molar-refractivity contribution in [3.8, 4) is 0 Å². The smallest absolute Gasteiger partial charge is 0.0265 e. The van der Waals surface area contributed by atoms with Crippen LogP contribution in [0.2, 0.25) is 0 Å². The third kappa shape index (κ3) is 3.72. The third-order valence-corrected chi connectivity index (χ3v) is 8.07. The van der Waals surface area contributed by atoms with E-state index in [2.05, 4.69) is 102 Å². The first-order valence-corrected chi connectivity index (χ1v) is 12.0. The van der Waals surface area contributed by atoms with E-state index >= 15 is 0 Å². The second-order valence-electron chi connectivity index (χ2n) is 10.3. The molecule has 1 aromatic carbocycles. The van der Waals surface area contributed by atoms with Gasteiger partial charge < -0.3 is 5.32 Å². The molecular formula is C30H39N. The second kappa shape index (κ2) is 8.43. The van der Waals surface area contributed by atoms with E-state index in [0.717, 1.165) is 6.42 Å². The first-order chi connectivity index (χ1) is 14.8. The van der Waals surface area contributed by atoms with Crippen LogP contribution in [0.5, 0.6) is 0 Å². The molecule has 31 heavy (non-hydrogen) atoms. The quantitative estimate of drug-likeness (QED) is 0.439. The monoisotopic (exact) mass is 413 g/mol. The number of benzene rings is 1. The van der Waals surface area contributed by atoms with Gasteiger partial charge in [-0.2, -0.15) is 0 Å². The number of rotatable bonds is 8. The summed E-state index contributed by atoms with van der Waals surface area (Å²) < 4.78 is 0. The molecule has 1 fully saturated rings. The van der Waals surface area contributed by atoms with Crippen molar-refractivity contribution in [2.24, 2.45) is 23.2 Å². The van der Waals surface area contributed by atoms with Crippen molar-refractivity contribution in [2.45, 2.75) is 59.9 Å². The molecule has 0 radical (unpaired) electrons. The summed E-state index contributed by atoms with van der Waals surface area (Å²) in [5.41, 5.74) is 9.96. The molecule has 1 heteroatoms. The third-order valence-electron chi connectivity index (χ3n) is 8.07. The summed E-state index contributed by atoms with van der Waals surface area (Å²) in [7, 11) is 2.10. The molecular weight excluding hydrogens is 374 g/mol. The summed E-state index contributed by atoms with van der Waals surface area (Å²) in [6.45, 7) is 15.8. The van der Waals surface area contributed by atoms with E-state index in [1.54, 1.807) is 11.1 Å². The fourth-order valence-electron chi connectivity index (χ4n) is 5.46. The van der Waals surface area contributed by atoms with Crippen LogP contribution < -0.4 is 5.32 Å². The standard InChI is InChI=1S/C30H39N/c1-19(2)20(3)13-15-25(31-7)17-30-18-27(29(30)26-10-8-9-11-28(26)30)23(6)24-14-12-21(4)22(5)16-24/h10-16,18-20,25,29,31H,6,8-9,17H2,1-5,7H3/b15-13-. The highest BCUT2D eigenvalue weighted by molar-refractivity contribution is 5.86. The van der Waals surface area contributed by atoms with Gasteiger partial charge in [0, 0.05) is 17.4 Å². The van der Waals surface area contributed by atoms with Crippen LogP contribution >= 0.6 is 0 Å². The van der Waals surface area contributed by atoms with Gasteiger partial charge in [0.2, 0.25) is 0 Å².